The molecular weight excluding hydrogens is 326 g/mol. The van der Waals surface area contributed by atoms with E-state index in [1.54, 1.807) is 0 Å². The highest BCUT2D eigenvalue weighted by Crippen LogP contribution is 2.39. The predicted molar refractivity (Wildman–Crippen MR) is 80.9 cm³/mol. The molecule has 1 aliphatic rings. The lowest BCUT2D eigenvalue weighted by atomic mass is 10.1. The van der Waals surface area contributed by atoms with Crippen molar-refractivity contribution in [1.29, 1.82) is 0 Å². The van der Waals surface area contributed by atoms with Crippen LogP contribution < -0.4 is 24.8 Å². The van der Waals surface area contributed by atoms with Gasteiger partial charge in [0, 0.05) is 31.1 Å². The van der Waals surface area contributed by atoms with E-state index >= 15 is 0 Å². The molecule has 0 spiro atoms. The van der Waals surface area contributed by atoms with Gasteiger partial charge in [0.05, 0.1) is 20.3 Å². The molecule has 0 aromatic heterocycles. The molecule has 7 nitrogen and oxygen atoms in total. The van der Waals surface area contributed by atoms with Gasteiger partial charge in [0.2, 0.25) is 5.75 Å². The summed E-state index contributed by atoms with van der Waals surface area (Å²) in [5.74, 6) is -0.875. The third kappa shape index (κ3) is 4.24. The summed E-state index contributed by atoms with van der Waals surface area (Å²) in [6.45, 7) is -1.67. The van der Waals surface area contributed by atoms with Crippen LogP contribution in [0.4, 0.5) is 8.78 Å². The summed E-state index contributed by atoms with van der Waals surface area (Å²) in [5, 5.41) is 15.4. The normalized spacial score (nSPS) is 20.1. The summed E-state index contributed by atoms with van der Waals surface area (Å²) in [4.78, 5) is 12.3. The second kappa shape index (κ2) is 8.11. The number of amides is 1. The zero-order valence-corrected chi connectivity index (χ0v) is 13.3. The summed E-state index contributed by atoms with van der Waals surface area (Å²) in [7, 11) is 2.55. The van der Waals surface area contributed by atoms with Gasteiger partial charge in [-0.25, -0.2) is 0 Å². The molecule has 1 aliphatic heterocycles. The maximum absolute atomic E-state index is 12.5. The van der Waals surface area contributed by atoms with Crippen molar-refractivity contribution >= 4 is 5.91 Å². The van der Waals surface area contributed by atoms with Crippen LogP contribution in [0.2, 0.25) is 0 Å². The first-order chi connectivity index (χ1) is 11.5. The number of benzene rings is 1. The van der Waals surface area contributed by atoms with Crippen molar-refractivity contribution in [2.24, 2.45) is 5.92 Å². The number of β-amino-alcohol motifs (C(OH)–C–C–N with tert-alkyl or cyclic N) is 1. The second-order valence-corrected chi connectivity index (χ2v) is 5.28. The first-order valence-electron chi connectivity index (χ1n) is 7.34. The van der Waals surface area contributed by atoms with Crippen LogP contribution in [0.3, 0.4) is 0 Å². The Balaban J connectivity index is 2.15. The number of hydrogen-bond acceptors (Lipinski definition) is 6. The Bertz CT molecular complexity index is 560. The number of methoxy groups -OCH3 is 2. The predicted octanol–water partition coefficient (Wildman–Crippen LogP) is 0.615. The molecule has 2 atom stereocenters. The fourth-order valence-corrected chi connectivity index (χ4v) is 2.47. The van der Waals surface area contributed by atoms with Gasteiger partial charge in [-0.2, -0.15) is 8.78 Å². The van der Waals surface area contributed by atoms with Gasteiger partial charge in [0.1, 0.15) is 0 Å². The van der Waals surface area contributed by atoms with Crippen LogP contribution in [0.1, 0.15) is 10.4 Å². The molecule has 134 valence electrons. The molecule has 24 heavy (non-hydrogen) atoms. The lowest BCUT2D eigenvalue weighted by Crippen LogP contribution is -2.34. The fraction of sp³-hybridized carbons (Fsp3) is 0.533. The molecule has 1 aromatic rings. The number of aliphatic hydroxyl groups excluding tert-OH is 1. The van der Waals surface area contributed by atoms with Gasteiger partial charge in [0.15, 0.2) is 11.5 Å². The van der Waals surface area contributed by atoms with Crippen LogP contribution in [0, 0.1) is 5.92 Å². The Hall–Kier alpha value is -2.13. The van der Waals surface area contributed by atoms with Crippen molar-refractivity contribution in [2.75, 3.05) is 33.9 Å². The maximum Gasteiger partial charge on any atom is 0.387 e. The van der Waals surface area contributed by atoms with E-state index in [4.69, 9.17) is 9.47 Å². The molecule has 0 saturated carbocycles. The van der Waals surface area contributed by atoms with Gasteiger partial charge in [-0.15, -0.1) is 0 Å². The van der Waals surface area contributed by atoms with Gasteiger partial charge in [-0.05, 0) is 12.1 Å². The minimum absolute atomic E-state index is 0.0395. The Labute approximate surface area is 137 Å². The van der Waals surface area contributed by atoms with E-state index < -0.39 is 18.6 Å². The van der Waals surface area contributed by atoms with Crippen molar-refractivity contribution < 1.29 is 32.9 Å². The Morgan fingerprint density at radius 3 is 2.42 bits per heavy atom. The SMILES string of the molecule is COc1cc(C(=O)NCC2CNCC2O)cc(OC)c1OC(F)F. The average molecular weight is 346 g/mol. The molecule has 1 amide bonds. The van der Waals surface area contributed by atoms with Crippen molar-refractivity contribution in [3.8, 4) is 17.2 Å². The van der Waals surface area contributed by atoms with E-state index in [9.17, 15) is 18.7 Å². The first kappa shape index (κ1) is 18.2. The zero-order chi connectivity index (χ0) is 17.7. The molecule has 0 bridgehead atoms. The summed E-state index contributed by atoms with van der Waals surface area (Å²) < 4.78 is 39.4. The van der Waals surface area contributed by atoms with E-state index in [2.05, 4.69) is 15.4 Å². The number of rotatable bonds is 7. The second-order valence-electron chi connectivity index (χ2n) is 5.28. The van der Waals surface area contributed by atoms with E-state index in [0.29, 0.717) is 13.1 Å². The highest BCUT2D eigenvalue weighted by Gasteiger charge is 2.26. The molecule has 1 saturated heterocycles. The molecule has 0 aliphatic carbocycles. The minimum Gasteiger partial charge on any atom is -0.493 e. The number of aliphatic hydroxyl groups is 1. The van der Waals surface area contributed by atoms with Crippen molar-refractivity contribution in [3.05, 3.63) is 17.7 Å². The van der Waals surface area contributed by atoms with Crippen LogP contribution in [-0.4, -0.2) is 57.6 Å². The molecule has 3 N–H and O–H groups in total. The number of carbonyl (C=O) groups is 1. The van der Waals surface area contributed by atoms with E-state index in [1.807, 2.05) is 0 Å². The number of carbonyl (C=O) groups excluding carboxylic acids is 1. The van der Waals surface area contributed by atoms with Crippen LogP contribution >= 0.6 is 0 Å². The monoisotopic (exact) mass is 346 g/mol. The van der Waals surface area contributed by atoms with Crippen molar-refractivity contribution in [2.45, 2.75) is 12.7 Å². The molecule has 2 unspecified atom stereocenters. The largest absolute Gasteiger partial charge is 0.493 e. The Morgan fingerprint density at radius 1 is 1.33 bits per heavy atom. The average Bonchev–Trinajstić information content (AvgIpc) is 2.97. The lowest BCUT2D eigenvalue weighted by Gasteiger charge is -2.17. The quantitative estimate of drug-likeness (QED) is 0.671. The molecule has 1 aromatic carbocycles. The molecular formula is C15H20F2N2O5. The van der Waals surface area contributed by atoms with E-state index in [0.717, 1.165) is 0 Å². The van der Waals surface area contributed by atoms with E-state index in [-0.39, 0.29) is 35.3 Å². The summed E-state index contributed by atoms with van der Waals surface area (Å²) in [5.41, 5.74) is 0.172. The van der Waals surface area contributed by atoms with Gasteiger partial charge in [0.25, 0.3) is 5.91 Å². The van der Waals surface area contributed by atoms with Gasteiger partial charge in [-0.1, -0.05) is 0 Å². The topological polar surface area (TPSA) is 89.1 Å². The molecule has 0 radical (unpaired) electrons. The fourth-order valence-electron chi connectivity index (χ4n) is 2.47. The van der Waals surface area contributed by atoms with Crippen LogP contribution in [0.25, 0.3) is 0 Å². The number of halogens is 2. The molecule has 1 heterocycles. The number of nitrogens with one attached hydrogen (secondary N) is 2. The number of alkyl halides is 2. The van der Waals surface area contributed by atoms with Crippen molar-refractivity contribution in [3.63, 3.8) is 0 Å². The standard InChI is InChI=1S/C15H20F2N2O5/c1-22-11-3-8(4-12(23-2)13(11)24-15(16)17)14(21)19-6-9-5-18-7-10(9)20/h3-4,9-10,15,18,20H,5-7H2,1-2H3,(H,19,21). The summed E-state index contributed by atoms with van der Waals surface area (Å²) in [6.07, 6.45) is -0.517. The van der Waals surface area contributed by atoms with Gasteiger partial charge >= 0.3 is 6.61 Å². The van der Waals surface area contributed by atoms with Gasteiger partial charge in [-0.3, -0.25) is 4.79 Å². The Kier molecular flexibility index (Phi) is 6.16. The minimum atomic E-state index is -3.05. The highest BCUT2D eigenvalue weighted by atomic mass is 19.3. The third-order valence-electron chi connectivity index (χ3n) is 3.76. The summed E-state index contributed by atoms with van der Waals surface area (Å²) in [6, 6.07) is 2.58. The lowest BCUT2D eigenvalue weighted by molar-refractivity contribution is -0.0526. The van der Waals surface area contributed by atoms with Crippen LogP contribution in [0.5, 0.6) is 17.2 Å². The van der Waals surface area contributed by atoms with E-state index in [1.165, 1.54) is 26.4 Å². The number of ether oxygens (including phenoxy) is 3. The smallest absolute Gasteiger partial charge is 0.387 e. The highest BCUT2D eigenvalue weighted by molar-refractivity contribution is 5.95. The molecule has 2 rings (SSSR count). The molecule has 9 heteroatoms. The number of hydrogen-bond donors (Lipinski definition) is 3. The maximum atomic E-state index is 12.5. The molecule has 1 fully saturated rings. The Morgan fingerprint density at radius 2 is 1.96 bits per heavy atom. The van der Waals surface area contributed by atoms with Gasteiger partial charge < -0.3 is 30.0 Å². The van der Waals surface area contributed by atoms with Crippen LogP contribution in [0.15, 0.2) is 12.1 Å². The first-order valence-corrected chi connectivity index (χ1v) is 7.34. The summed E-state index contributed by atoms with van der Waals surface area (Å²) >= 11 is 0. The third-order valence-corrected chi connectivity index (χ3v) is 3.76. The zero-order valence-electron chi connectivity index (χ0n) is 13.3. The van der Waals surface area contributed by atoms with Crippen LogP contribution in [-0.2, 0) is 0 Å². The van der Waals surface area contributed by atoms with Crippen molar-refractivity contribution in [1.82, 2.24) is 10.6 Å².